The number of alkyl halides is 1. The summed E-state index contributed by atoms with van der Waals surface area (Å²) in [6.07, 6.45) is -0.882. The van der Waals surface area contributed by atoms with Gasteiger partial charge < -0.3 is 10.5 Å². The van der Waals surface area contributed by atoms with Crippen LogP contribution in [0.2, 0.25) is 0 Å². The van der Waals surface area contributed by atoms with Gasteiger partial charge in [0, 0.05) is 0 Å². The van der Waals surface area contributed by atoms with Crippen LogP contribution in [0.15, 0.2) is 29.1 Å². The number of ether oxygens (including phenoxy) is 1. The number of para-hydroxylation sites is 1. The van der Waals surface area contributed by atoms with Gasteiger partial charge in [0.25, 0.3) is 5.56 Å². The van der Waals surface area contributed by atoms with Crippen molar-refractivity contribution >= 4 is 28.6 Å². The van der Waals surface area contributed by atoms with Gasteiger partial charge in [0.15, 0.2) is 0 Å². The van der Waals surface area contributed by atoms with Crippen molar-refractivity contribution in [3.63, 3.8) is 0 Å². The number of nitrogens with zero attached hydrogens (tertiary/aromatic N) is 2. The van der Waals surface area contributed by atoms with Gasteiger partial charge in [0.05, 0.1) is 22.8 Å². The first-order chi connectivity index (χ1) is 9.50. The molecule has 0 spiro atoms. The van der Waals surface area contributed by atoms with Gasteiger partial charge >= 0.3 is 6.09 Å². The summed E-state index contributed by atoms with van der Waals surface area (Å²) in [4.78, 5) is 27.4. The first-order valence-corrected chi connectivity index (χ1v) is 6.50. The molecule has 1 aromatic carbocycles. The van der Waals surface area contributed by atoms with E-state index in [4.69, 9.17) is 17.3 Å². The fourth-order valence-corrected chi connectivity index (χ4v) is 2.11. The van der Waals surface area contributed by atoms with Crippen molar-refractivity contribution in [3.05, 3.63) is 40.4 Å². The van der Waals surface area contributed by atoms with Crippen LogP contribution >= 0.6 is 11.6 Å². The minimum atomic E-state index is -0.882. The summed E-state index contributed by atoms with van der Waals surface area (Å²) in [6.45, 7) is 1.88. The normalized spacial score (nSPS) is 12.3. The van der Waals surface area contributed by atoms with E-state index in [0.717, 1.165) is 0 Å². The highest BCUT2D eigenvalue weighted by molar-refractivity contribution is 6.20. The Kier molecular flexibility index (Phi) is 4.24. The lowest BCUT2D eigenvalue weighted by atomic mass is 10.2. The molecular weight excluding hydrogens is 282 g/mol. The quantitative estimate of drug-likeness (QED) is 0.871. The molecule has 6 nitrogen and oxygen atoms in total. The van der Waals surface area contributed by atoms with E-state index in [2.05, 4.69) is 9.72 Å². The fourth-order valence-electron chi connectivity index (χ4n) is 1.94. The number of fused-ring (bicyclic) bond motifs is 1. The molecule has 0 aliphatic heterocycles. The van der Waals surface area contributed by atoms with Gasteiger partial charge in [0.1, 0.15) is 12.4 Å². The van der Waals surface area contributed by atoms with Crippen molar-refractivity contribution in [3.8, 4) is 0 Å². The van der Waals surface area contributed by atoms with Gasteiger partial charge in [-0.1, -0.05) is 12.1 Å². The highest BCUT2D eigenvalue weighted by Gasteiger charge is 2.14. The fraction of sp³-hybridized carbons (Fsp3) is 0.308. The van der Waals surface area contributed by atoms with Crippen LogP contribution in [-0.2, 0) is 11.3 Å². The first-order valence-electron chi connectivity index (χ1n) is 6.06. The van der Waals surface area contributed by atoms with E-state index in [1.54, 1.807) is 31.2 Å². The summed E-state index contributed by atoms with van der Waals surface area (Å²) < 4.78 is 6.06. The Hall–Kier alpha value is -2.08. The third-order valence-electron chi connectivity index (χ3n) is 2.81. The Labute approximate surface area is 120 Å². The highest BCUT2D eigenvalue weighted by Crippen LogP contribution is 2.18. The molecule has 20 heavy (non-hydrogen) atoms. The van der Waals surface area contributed by atoms with E-state index in [1.807, 2.05) is 0 Å². The maximum absolute atomic E-state index is 12.4. The number of halogens is 1. The van der Waals surface area contributed by atoms with E-state index in [0.29, 0.717) is 16.7 Å². The predicted molar refractivity (Wildman–Crippen MR) is 75.8 cm³/mol. The van der Waals surface area contributed by atoms with Gasteiger partial charge in [-0.15, -0.1) is 11.6 Å². The molecule has 1 atom stereocenters. The van der Waals surface area contributed by atoms with Gasteiger partial charge in [-0.05, 0) is 19.1 Å². The lowest BCUT2D eigenvalue weighted by molar-refractivity contribution is 0.151. The Balaban J connectivity index is 2.49. The van der Waals surface area contributed by atoms with Gasteiger partial charge in [-0.2, -0.15) is 0 Å². The van der Waals surface area contributed by atoms with E-state index < -0.39 is 11.5 Å². The molecule has 106 valence electrons. The average Bonchev–Trinajstić information content (AvgIpc) is 2.40. The molecule has 0 saturated carbocycles. The van der Waals surface area contributed by atoms with Crippen LogP contribution in [0.4, 0.5) is 4.79 Å². The van der Waals surface area contributed by atoms with Gasteiger partial charge in [0.2, 0.25) is 0 Å². The molecule has 0 bridgehead atoms. The topological polar surface area (TPSA) is 87.2 Å². The summed E-state index contributed by atoms with van der Waals surface area (Å²) in [6, 6.07) is 7.01. The number of carbonyl (C=O) groups excluding carboxylic acids is 1. The molecule has 1 unspecified atom stereocenters. The summed E-state index contributed by atoms with van der Waals surface area (Å²) in [7, 11) is 0. The van der Waals surface area contributed by atoms with Crippen molar-refractivity contribution in [1.82, 2.24) is 9.55 Å². The van der Waals surface area contributed by atoms with Gasteiger partial charge in [-0.3, -0.25) is 9.36 Å². The smallest absolute Gasteiger partial charge is 0.404 e. The summed E-state index contributed by atoms with van der Waals surface area (Å²) in [5.74, 6) is 0.434. The van der Waals surface area contributed by atoms with E-state index >= 15 is 0 Å². The number of benzene rings is 1. The number of primary amides is 1. The number of rotatable bonds is 4. The van der Waals surface area contributed by atoms with E-state index in [1.165, 1.54) is 4.57 Å². The molecule has 0 fully saturated rings. The number of nitrogens with two attached hydrogens (primary N) is 1. The van der Waals surface area contributed by atoms with Crippen LogP contribution < -0.4 is 11.3 Å². The molecule has 2 N–H and O–H groups in total. The van der Waals surface area contributed by atoms with Crippen LogP contribution in [0.3, 0.4) is 0 Å². The Morgan fingerprint density at radius 1 is 1.50 bits per heavy atom. The molecule has 0 aliphatic rings. The molecule has 1 heterocycles. The van der Waals surface area contributed by atoms with Gasteiger partial charge in [-0.25, -0.2) is 9.78 Å². The van der Waals surface area contributed by atoms with Crippen LogP contribution in [-0.4, -0.2) is 22.3 Å². The number of carbonyl (C=O) groups is 1. The zero-order valence-electron chi connectivity index (χ0n) is 10.9. The molecule has 1 amide bonds. The summed E-state index contributed by atoms with van der Waals surface area (Å²) in [5, 5.41) is 0.0496. The maximum Gasteiger partial charge on any atom is 0.404 e. The summed E-state index contributed by atoms with van der Waals surface area (Å²) >= 11 is 6.07. The van der Waals surface area contributed by atoms with Crippen LogP contribution in [0, 0.1) is 0 Å². The predicted octanol–water partition coefficient (Wildman–Crippen LogP) is 1.79. The lowest BCUT2D eigenvalue weighted by Crippen LogP contribution is -2.28. The number of amides is 1. The largest absolute Gasteiger partial charge is 0.448 e. The number of hydrogen-bond acceptors (Lipinski definition) is 4. The second kappa shape index (κ2) is 5.92. The highest BCUT2D eigenvalue weighted by atomic mass is 35.5. The molecule has 1 aromatic heterocycles. The number of hydrogen-bond donors (Lipinski definition) is 1. The minimum Gasteiger partial charge on any atom is -0.448 e. The number of aromatic nitrogens is 2. The SMILES string of the molecule is CC(Cl)c1nc2ccccc2c(=O)n1CCOC(N)=O. The van der Waals surface area contributed by atoms with Crippen LogP contribution in [0.25, 0.3) is 10.9 Å². The van der Waals surface area contributed by atoms with Crippen molar-refractivity contribution in [2.75, 3.05) is 6.61 Å². The zero-order valence-corrected chi connectivity index (χ0v) is 11.6. The van der Waals surface area contributed by atoms with Crippen molar-refractivity contribution in [1.29, 1.82) is 0 Å². The Morgan fingerprint density at radius 2 is 2.20 bits per heavy atom. The van der Waals surface area contributed by atoms with Crippen molar-refractivity contribution < 1.29 is 9.53 Å². The molecule has 2 aromatic rings. The second-order valence-corrected chi connectivity index (χ2v) is 4.88. The van der Waals surface area contributed by atoms with E-state index in [-0.39, 0.29) is 18.7 Å². The molecule has 0 aliphatic carbocycles. The molecule has 2 rings (SSSR count). The molecule has 7 heteroatoms. The summed E-state index contributed by atoms with van der Waals surface area (Å²) in [5.41, 5.74) is 5.27. The van der Waals surface area contributed by atoms with Crippen LogP contribution in [0.1, 0.15) is 18.1 Å². The Morgan fingerprint density at radius 3 is 2.85 bits per heavy atom. The third kappa shape index (κ3) is 2.91. The monoisotopic (exact) mass is 295 g/mol. The molecular formula is C13H14ClN3O3. The van der Waals surface area contributed by atoms with Crippen molar-refractivity contribution in [2.24, 2.45) is 5.73 Å². The molecule has 0 saturated heterocycles. The maximum atomic E-state index is 12.4. The first kappa shape index (κ1) is 14.3. The lowest BCUT2D eigenvalue weighted by Gasteiger charge is -2.14. The van der Waals surface area contributed by atoms with Crippen LogP contribution in [0.5, 0.6) is 0 Å². The molecule has 0 radical (unpaired) electrons. The average molecular weight is 296 g/mol. The third-order valence-corrected chi connectivity index (χ3v) is 3.00. The second-order valence-electron chi connectivity index (χ2n) is 4.23. The minimum absolute atomic E-state index is 0.00807. The van der Waals surface area contributed by atoms with E-state index in [9.17, 15) is 9.59 Å². The Bertz CT molecular complexity index is 697. The van der Waals surface area contributed by atoms with Crippen molar-refractivity contribution in [2.45, 2.75) is 18.8 Å². The standard InChI is InChI=1S/C13H14ClN3O3/c1-8(14)11-16-10-5-3-2-4-9(10)12(18)17(11)6-7-20-13(15)19/h2-5,8H,6-7H2,1H3,(H2,15,19). The zero-order chi connectivity index (χ0) is 14.7.